The number of likely N-dealkylation sites (tertiary alicyclic amines) is 1. The highest BCUT2D eigenvalue weighted by Crippen LogP contribution is 2.35. The van der Waals surface area contributed by atoms with E-state index < -0.39 is 5.66 Å². The van der Waals surface area contributed by atoms with Crippen LogP contribution in [0.3, 0.4) is 0 Å². The van der Waals surface area contributed by atoms with Crippen molar-refractivity contribution in [1.29, 1.82) is 0 Å². The average molecular weight is 417 g/mol. The predicted molar refractivity (Wildman–Crippen MR) is 113 cm³/mol. The van der Waals surface area contributed by atoms with E-state index in [9.17, 15) is 9.18 Å². The molecule has 2 aliphatic heterocycles. The molecule has 3 N–H and O–H groups in total. The molecule has 1 amide bonds. The summed E-state index contributed by atoms with van der Waals surface area (Å²) >= 11 is 1.76. The fourth-order valence-electron chi connectivity index (χ4n) is 3.86. The van der Waals surface area contributed by atoms with Crippen LogP contribution in [0.5, 0.6) is 0 Å². The zero-order chi connectivity index (χ0) is 20.3. The van der Waals surface area contributed by atoms with Gasteiger partial charge in [0.2, 0.25) is 0 Å². The van der Waals surface area contributed by atoms with Gasteiger partial charge in [0.05, 0.1) is 12.2 Å². The van der Waals surface area contributed by atoms with E-state index in [0.717, 1.165) is 19.3 Å². The van der Waals surface area contributed by atoms with Crippen molar-refractivity contribution in [3.8, 4) is 0 Å². The summed E-state index contributed by atoms with van der Waals surface area (Å²) in [6.45, 7) is 1.47. The summed E-state index contributed by atoms with van der Waals surface area (Å²) in [5.41, 5.74) is 6.42. The minimum atomic E-state index is -0.595. The van der Waals surface area contributed by atoms with E-state index in [-0.39, 0.29) is 17.7 Å². The minimum Gasteiger partial charge on any atom is -0.449 e. The molecule has 2 aliphatic rings. The average Bonchev–Trinajstić information content (AvgIpc) is 3.21. The molecule has 0 bridgehead atoms. The van der Waals surface area contributed by atoms with Gasteiger partial charge in [0.15, 0.2) is 0 Å². The second-order valence-electron chi connectivity index (χ2n) is 7.45. The summed E-state index contributed by atoms with van der Waals surface area (Å²) in [7, 11) is 0. The van der Waals surface area contributed by atoms with Crippen LogP contribution < -0.4 is 11.1 Å². The zero-order valence-corrected chi connectivity index (χ0v) is 17.0. The molecule has 1 saturated heterocycles. The van der Waals surface area contributed by atoms with E-state index in [4.69, 9.17) is 10.5 Å². The van der Waals surface area contributed by atoms with Crippen molar-refractivity contribution in [2.45, 2.75) is 37.8 Å². The van der Waals surface area contributed by atoms with Gasteiger partial charge in [-0.15, -0.1) is 11.3 Å². The second kappa shape index (κ2) is 8.41. The quantitative estimate of drug-likeness (QED) is 0.723. The number of unbranched alkanes of at least 4 members (excludes halogenated alkanes) is 1. The largest absolute Gasteiger partial charge is 0.449 e. The number of halogens is 1. The van der Waals surface area contributed by atoms with E-state index in [1.807, 2.05) is 0 Å². The normalized spacial score (nSPS) is 17.4. The lowest BCUT2D eigenvalue weighted by molar-refractivity contribution is 0.0853. The number of nitrogens with zero attached hydrogens (tertiary/aromatic N) is 2. The number of piperidine rings is 1. The molecule has 1 spiro atoms. The third-order valence-electron chi connectivity index (χ3n) is 5.44. The number of nitrogens with one attached hydrogen (secondary N) is 1. The lowest BCUT2D eigenvalue weighted by Gasteiger charge is -2.42. The van der Waals surface area contributed by atoms with Crippen LogP contribution in [0.15, 0.2) is 40.7 Å². The molecule has 1 aromatic carbocycles. The number of benzene rings is 1. The summed E-state index contributed by atoms with van der Waals surface area (Å²) in [5.74, 6) is -0.176. The molecule has 0 radical (unpaired) electrons. The smallest absolute Gasteiger partial charge is 0.409 e. The van der Waals surface area contributed by atoms with Gasteiger partial charge in [0.1, 0.15) is 17.3 Å². The highest BCUT2D eigenvalue weighted by atomic mass is 32.1. The molecular weight excluding hydrogens is 391 g/mol. The lowest BCUT2D eigenvalue weighted by Crippen LogP contribution is -2.52. The van der Waals surface area contributed by atoms with Crippen molar-refractivity contribution < 1.29 is 13.9 Å². The molecule has 0 aliphatic carbocycles. The first-order valence-corrected chi connectivity index (χ1v) is 10.8. The van der Waals surface area contributed by atoms with Crippen LogP contribution >= 0.6 is 11.3 Å². The standard InChI is InChI=1S/C21H25FN4O2S/c22-16-7-3-8-17-18(16)19(23)25-21(24-17)9-11-26(12-10-21)20(27)28-13-2-1-5-15-6-4-14-29-15/h3-4,6-8,14,24H,1-2,5,9-13H2,(H2,23,25). The first kappa shape index (κ1) is 19.7. The Hall–Kier alpha value is -2.61. The van der Waals surface area contributed by atoms with Gasteiger partial charge in [-0.1, -0.05) is 12.1 Å². The Labute approximate surface area is 173 Å². The van der Waals surface area contributed by atoms with Crippen LogP contribution in [0, 0.1) is 5.82 Å². The molecular formula is C21H25FN4O2S. The maximum absolute atomic E-state index is 14.0. The highest BCUT2D eigenvalue weighted by molar-refractivity contribution is 7.09. The van der Waals surface area contributed by atoms with Crippen molar-refractivity contribution in [3.63, 3.8) is 0 Å². The number of fused-ring (bicyclic) bond motifs is 1. The van der Waals surface area contributed by atoms with Gasteiger partial charge in [-0.2, -0.15) is 0 Å². The fourth-order valence-corrected chi connectivity index (χ4v) is 4.61. The van der Waals surface area contributed by atoms with Crippen LogP contribution in [0.1, 0.15) is 36.1 Å². The molecule has 154 valence electrons. The predicted octanol–water partition coefficient (Wildman–Crippen LogP) is 3.97. The number of nitrogens with two attached hydrogens (primary N) is 1. The Bertz CT molecular complexity index is 892. The van der Waals surface area contributed by atoms with E-state index in [0.29, 0.717) is 43.8 Å². The SMILES string of the molecule is NC1=NC2(CCN(C(=O)OCCCCc3cccs3)CC2)Nc2cccc(F)c21. The van der Waals surface area contributed by atoms with Crippen molar-refractivity contribution in [3.05, 3.63) is 52.0 Å². The number of aliphatic imine (C=N–C) groups is 1. The number of ether oxygens (including phenoxy) is 1. The van der Waals surface area contributed by atoms with Gasteiger partial charge in [-0.25, -0.2) is 14.2 Å². The molecule has 0 saturated carbocycles. The lowest BCUT2D eigenvalue weighted by atomic mass is 9.94. The topological polar surface area (TPSA) is 80.0 Å². The third-order valence-corrected chi connectivity index (χ3v) is 6.38. The fraction of sp³-hybridized carbons (Fsp3) is 0.429. The van der Waals surface area contributed by atoms with Crippen LogP contribution in [-0.4, -0.2) is 42.2 Å². The van der Waals surface area contributed by atoms with Gasteiger partial charge in [0.25, 0.3) is 0 Å². The van der Waals surface area contributed by atoms with Crippen LogP contribution in [0.25, 0.3) is 0 Å². The van der Waals surface area contributed by atoms with E-state index in [1.165, 1.54) is 10.9 Å². The Morgan fingerprint density at radius 2 is 2.10 bits per heavy atom. The van der Waals surface area contributed by atoms with Gasteiger partial charge in [0, 0.05) is 36.5 Å². The number of anilines is 1. The number of amides is 1. The van der Waals surface area contributed by atoms with Crippen LogP contribution in [0.2, 0.25) is 0 Å². The first-order chi connectivity index (χ1) is 14.1. The Balaban J connectivity index is 1.25. The Kier molecular flexibility index (Phi) is 5.71. The maximum atomic E-state index is 14.0. The number of amidine groups is 1. The number of rotatable bonds is 5. The van der Waals surface area contributed by atoms with E-state index in [2.05, 4.69) is 27.8 Å². The van der Waals surface area contributed by atoms with Crippen molar-refractivity contribution in [2.24, 2.45) is 10.7 Å². The number of carbonyl (C=O) groups excluding carboxylic acids is 1. The monoisotopic (exact) mass is 416 g/mol. The van der Waals surface area contributed by atoms with Crippen molar-refractivity contribution >= 4 is 29.0 Å². The van der Waals surface area contributed by atoms with E-state index >= 15 is 0 Å². The molecule has 8 heteroatoms. The molecule has 1 aromatic heterocycles. The number of aryl methyl sites for hydroxylation is 1. The van der Waals surface area contributed by atoms with Gasteiger partial charge in [-0.3, -0.25) is 0 Å². The van der Waals surface area contributed by atoms with Gasteiger partial charge < -0.3 is 20.7 Å². The number of carbonyl (C=O) groups is 1. The summed E-state index contributed by atoms with van der Waals surface area (Å²) < 4.78 is 19.5. The molecule has 4 rings (SSSR count). The van der Waals surface area contributed by atoms with Gasteiger partial charge >= 0.3 is 6.09 Å². The summed E-state index contributed by atoms with van der Waals surface area (Å²) in [6.07, 6.45) is 3.79. The second-order valence-corrected chi connectivity index (χ2v) is 8.49. The zero-order valence-electron chi connectivity index (χ0n) is 16.2. The van der Waals surface area contributed by atoms with Crippen molar-refractivity contribution in [1.82, 2.24) is 4.90 Å². The summed E-state index contributed by atoms with van der Waals surface area (Å²) in [4.78, 5) is 20.0. The molecule has 2 aromatic rings. The molecule has 3 heterocycles. The number of hydrogen-bond donors (Lipinski definition) is 2. The number of hydrogen-bond acceptors (Lipinski definition) is 6. The number of thiophene rings is 1. The molecule has 1 fully saturated rings. The highest BCUT2D eigenvalue weighted by Gasteiger charge is 2.39. The van der Waals surface area contributed by atoms with E-state index in [1.54, 1.807) is 28.4 Å². The molecule has 6 nitrogen and oxygen atoms in total. The first-order valence-electron chi connectivity index (χ1n) is 9.93. The maximum Gasteiger partial charge on any atom is 0.409 e. The van der Waals surface area contributed by atoms with Crippen LogP contribution in [-0.2, 0) is 11.2 Å². The molecule has 0 atom stereocenters. The molecule has 0 unspecified atom stereocenters. The third kappa shape index (κ3) is 4.37. The van der Waals surface area contributed by atoms with Gasteiger partial charge in [-0.05, 0) is 42.8 Å². The minimum absolute atomic E-state index is 0.207. The van der Waals surface area contributed by atoms with Crippen molar-refractivity contribution in [2.75, 3.05) is 25.0 Å². The summed E-state index contributed by atoms with van der Waals surface area (Å²) in [6, 6.07) is 9.01. The molecule has 29 heavy (non-hydrogen) atoms. The Morgan fingerprint density at radius 3 is 2.86 bits per heavy atom. The Morgan fingerprint density at radius 1 is 1.28 bits per heavy atom. The van der Waals surface area contributed by atoms with Crippen LogP contribution in [0.4, 0.5) is 14.9 Å². The summed E-state index contributed by atoms with van der Waals surface area (Å²) in [5, 5.41) is 5.41.